The summed E-state index contributed by atoms with van der Waals surface area (Å²) in [5.41, 5.74) is 0.146. The molecule has 0 atom stereocenters. The van der Waals surface area contributed by atoms with Crippen LogP contribution in [0.5, 0.6) is 0 Å². The average molecular weight is 455 g/mol. The fraction of sp³-hybridized carbons (Fsp3) is 0.0476. The van der Waals surface area contributed by atoms with Crippen molar-refractivity contribution in [2.75, 3.05) is 16.2 Å². The number of hydrogen-bond acceptors (Lipinski definition) is 6. The number of carboxylic acid groups (broad SMARTS) is 1. The summed E-state index contributed by atoms with van der Waals surface area (Å²) >= 11 is 0. The number of nitro benzene ring substituents is 1. The van der Waals surface area contributed by atoms with Crippen molar-refractivity contribution < 1.29 is 28.0 Å². The van der Waals surface area contributed by atoms with Gasteiger partial charge in [-0.1, -0.05) is 18.2 Å². The summed E-state index contributed by atoms with van der Waals surface area (Å²) in [5.74, 6) is -1.81. The lowest BCUT2D eigenvalue weighted by Gasteiger charge is -2.24. The molecule has 0 saturated heterocycles. The van der Waals surface area contributed by atoms with Crippen molar-refractivity contribution in [3.05, 3.63) is 94.5 Å². The third kappa shape index (κ3) is 5.08. The minimum Gasteiger partial charge on any atom is -0.478 e. The van der Waals surface area contributed by atoms with Crippen LogP contribution in [0.4, 0.5) is 17.1 Å². The number of nitrogens with zero attached hydrogens (tertiary/aromatic N) is 2. The van der Waals surface area contributed by atoms with E-state index in [1.807, 2.05) is 0 Å². The smallest absolute Gasteiger partial charge is 0.335 e. The van der Waals surface area contributed by atoms with E-state index in [9.17, 15) is 28.1 Å². The molecule has 0 spiro atoms. The maximum Gasteiger partial charge on any atom is 0.335 e. The van der Waals surface area contributed by atoms with Crippen LogP contribution < -0.4 is 9.62 Å². The van der Waals surface area contributed by atoms with Crippen LogP contribution in [-0.2, 0) is 14.8 Å². The van der Waals surface area contributed by atoms with Crippen LogP contribution in [0.2, 0.25) is 0 Å². The monoisotopic (exact) mass is 455 g/mol. The number of carbonyl (C=O) groups is 2. The third-order valence-electron chi connectivity index (χ3n) is 4.38. The van der Waals surface area contributed by atoms with Crippen molar-refractivity contribution in [1.82, 2.24) is 0 Å². The molecule has 0 saturated carbocycles. The first-order chi connectivity index (χ1) is 15.2. The molecule has 11 heteroatoms. The Hall–Kier alpha value is -4.25. The number of carbonyl (C=O) groups excluding carboxylic acids is 1. The number of aromatic carboxylic acids is 1. The first-order valence-electron chi connectivity index (χ1n) is 9.14. The van der Waals surface area contributed by atoms with E-state index in [1.54, 1.807) is 6.07 Å². The van der Waals surface area contributed by atoms with Crippen LogP contribution >= 0.6 is 0 Å². The summed E-state index contributed by atoms with van der Waals surface area (Å²) in [6.45, 7) is -0.615. The van der Waals surface area contributed by atoms with E-state index in [1.165, 1.54) is 60.7 Å². The van der Waals surface area contributed by atoms with Gasteiger partial charge >= 0.3 is 5.97 Å². The molecule has 2 N–H and O–H groups in total. The molecule has 10 nitrogen and oxygen atoms in total. The lowest BCUT2D eigenvalue weighted by atomic mass is 10.2. The lowest BCUT2D eigenvalue weighted by molar-refractivity contribution is -0.384. The van der Waals surface area contributed by atoms with Gasteiger partial charge in [-0.2, -0.15) is 0 Å². The fourth-order valence-corrected chi connectivity index (χ4v) is 4.24. The quantitative estimate of drug-likeness (QED) is 0.392. The molecule has 0 aliphatic rings. The van der Waals surface area contributed by atoms with Gasteiger partial charge in [0.2, 0.25) is 5.91 Å². The minimum atomic E-state index is -4.17. The van der Waals surface area contributed by atoms with Crippen LogP contribution in [0, 0.1) is 10.1 Å². The molecule has 0 aliphatic carbocycles. The number of carboxylic acids is 1. The molecule has 3 rings (SSSR count). The number of non-ortho nitro benzene ring substituents is 1. The molecule has 3 aromatic carbocycles. The Kier molecular flexibility index (Phi) is 6.50. The predicted octanol–water partition coefficient (Wildman–Crippen LogP) is 3.13. The molecule has 0 aromatic heterocycles. The zero-order valence-electron chi connectivity index (χ0n) is 16.4. The van der Waals surface area contributed by atoms with Crippen molar-refractivity contribution >= 4 is 39.0 Å². The van der Waals surface area contributed by atoms with Crippen LogP contribution in [0.3, 0.4) is 0 Å². The molecule has 164 valence electrons. The van der Waals surface area contributed by atoms with Crippen molar-refractivity contribution in [3.8, 4) is 0 Å². The molecule has 1 amide bonds. The first kappa shape index (κ1) is 22.4. The molecule has 32 heavy (non-hydrogen) atoms. The van der Waals surface area contributed by atoms with Crippen molar-refractivity contribution in [2.24, 2.45) is 0 Å². The summed E-state index contributed by atoms with van der Waals surface area (Å²) in [4.78, 5) is 33.8. The highest BCUT2D eigenvalue weighted by atomic mass is 32.2. The summed E-state index contributed by atoms with van der Waals surface area (Å²) in [6.07, 6.45) is 0. The Morgan fingerprint density at radius 3 is 2.06 bits per heavy atom. The van der Waals surface area contributed by atoms with Crippen LogP contribution in [-0.4, -0.2) is 36.9 Å². The Labute approximate surface area is 182 Å². The highest BCUT2D eigenvalue weighted by Crippen LogP contribution is 2.26. The second-order valence-corrected chi connectivity index (χ2v) is 8.39. The third-order valence-corrected chi connectivity index (χ3v) is 6.17. The van der Waals surface area contributed by atoms with E-state index >= 15 is 0 Å². The van der Waals surface area contributed by atoms with Crippen LogP contribution in [0.15, 0.2) is 83.8 Å². The molecule has 0 aliphatic heterocycles. The Balaban J connectivity index is 1.90. The van der Waals surface area contributed by atoms with Gasteiger partial charge < -0.3 is 10.4 Å². The molecular formula is C21H17N3O7S. The first-order valence-corrected chi connectivity index (χ1v) is 10.6. The molecule has 0 bridgehead atoms. The van der Waals surface area contributed by atoms with Gasteiger partial charge in [-0.3, -0.25) is 19.2 Å². The standard InChI is InChI=1S/C21H17N3O7S/c25-20(22-16-8-6-15(7-9-16)21(26)27)14-23(17-10-12-18(13-11-17)24(28)29)32(30,31)19-4-2-1-3-5-19/h1-13H,14H2,(H,22,25)(H,26,27). The van der Waals surface area contributed by atoms with Gasteiger partial charge in [-0.15, -0.1) is 0 Å². The largest absolute Gasteiger partial charge is 0.478 e. The maximum atomic E-state index is 13.2. The van der Waals surface area contributed by atoms with E-state index in [-0.39, 0.29) is 27.5 Å². The summed E-state index contributed by atoms with van der Waals surface area (Å²) in [6, 6.07) is 17.6. The SMILES string of the molecule is O=C(CN(c1ccc([N+](=O)[O-])cc1)S(=O)(=O)c1ccccc1)Nc1ccc(C(=O)O)cc1. The Morgan fingerprint density at radius 1 is 0.938 bits per heavy atom. The minimum absolute atomic E-state index is 0.0298. The number of sulfonamides is 1. The van der Waals surface area contributed by atoms with Gasteiger partial charge in [0.15, 0.2) is 0 Å². The molecule has 3 aromatic rings. The zero-order valence-corrected chi connectivity index (χ0v) is 17.2. The zero-order chi connectivity index (χ0) is 23.3. The summed E-state index contributed by atoms with van der Waals surface area (Å²) < 4.78 is 27.3. The predicted molar refractivity (Wildman–Crippen MR) is 116 cm³/mol. The van der Waals surface area contributed by atoms with Gasteiger partial charge in [-0.25, -0.2) is 13.2 Å². The molecule has 0 radical (unpaired) electrons. The van der Waals surface area contributed by atoms with Gasteiger partial charge in [0.05, 0.1) is 21.1 Å². The van der Waals surface area contributed by atoms with Crippen molar-refractivity contribution in [3.63, 3.8) is 0 Å². The second kappa shape index (κ2) is 9.27. The highest BCUT2D eigenvalue weighted by molar-refractivity contribution is 7.92. The van der Waals surface area contributed by atoms with E-state index in [2.05, 4.69) is 5.32 Å². The van der Waals surface area contributed by atoms with Crippen molar-refractivity contribution in [1.29, 1.82) is 0 Å². The van der Waals surface area contributed by atoms with Gasteiger partial charge in [0.1, 0.15) is 6.54 Å². The normalized spacial score (nSPS) is 10.9. The molecule has 0 unspecified atom stereocenters. The summed E-state index contributed by atoms with van der Waals surface area (Å²) in [5, 5.41) is 22.4. The number of hydrogen-bond donors (Lipinski definition) is 2. The number of anilines is 2. The van der Waals surface area contributed by atoms with E-state index in [0.717, 1.165) is 16.4 Å². The van der Waals surface area contributed by atoms with E-state index in [4.69, 9.17) is 5.11 Å². The van der Waals surface area contributed by atoms with Gasteiger partial charge in [0.25, 0.3) is 15.7 Å². The maximum absolute atomic E-state index is 13.2. The summed E-state index contributed by atoms with van der Waals surface area (Å²) in [7, 11) is -4.17. The number of amides is 1. The van der Waals surface area contributed by atoms with Gasteiger partial charge in [0, 0.05) is 17.8 Å². The topological polar surface area (TPSA) is 147 Å². The lowest BCUT2D eigenvalue weighted by Crippen LogP contribution is -2.38. The number of benzene rings is 3. The molecular weight excluding hydrogens is 438 g/mol. The van der Waals surface area contributed by atoms with Crippen LogP contribution in [0.25, 0.3) is 0 Å². The highest BCUT2D eigenvalue weighted by Gasteiger charge is 2.27. The number of nitro groups is 1. The van der Waals surface area contributed by atoms with E-state index in [0.29, 0.717) is 0 Å². The van der Waals surface area contributed by atoms with Crippen LogP contribution in [0.1, 0.15) is 10.4 Å². The molecule has 0 heterocycles. The Morgan fingerprint density at radius 2 is 1.53 bits per heavy atom. The van der Waals surface area contributed by atoms with Gasteiger partial charge in [-0.05, 0) is 48.5 Å². The van der Waals surface area contributed by atoms with Crippen molar-refractivity contribution in [2.45, 2.75) is 4.90 Å². The fourth-order valence-electron chi connectivity index (χ4n) is 2.80. The second-order valence-electron chi connectivity index (χ2n) is 6.53. The van der Waals surface area contributed by atoms with E-state index < -0.39 is 33.4 Å². The Bertz CT molecular complexity index is 1240. The number of rotatable bonds is 8. The average Bonchev–Trinajstić information content (AvgIpc) is 2.78. The molecule has 0 fully saturated rings. The number of nitrogens with one attached hydrogen (secondary N) is 1.